The lowest BCUT2D eigenvalue weighted by atomic mass is 10.1. The molecular weight excluding hydrogens is 272 g/mol. The Labute approximate surface area is 133 Å². The first-order valence-electron chi connectivity index (χ1n) is 7.91. The maximum absolute atomic E-state index is 12.3. The Morgan fingerprint density at radius 3 is 2.27 bits per heavy atom. The molecule has 0 aliphatic carbocycles. The van der Waals surface area contributed by atoms with Crippen molar-refractivity contribution < 1.29 is 4.79 Å². The molecule has 2 aromatic rings. The van der Waals surface area contributed by atoms with E-state index in [4.69, 9.17) is 0 Å². The summed E-state index contributed by atoms with van der Waals surface area (Å²) in [5.74, 6) is 0.233. The van der Waals surface area contributed by atoms with Crippen molar-refractivity contribution in [3.8, 4) is 0 Å². The average molecular weight is 296 g/mol. The molecular formula is C19H24N2O. The van der Waals surface area contributed by atoms with Gasteiger partial charge in [0.15, 0.2) is 0 Å². The molecule has 0 bridgehead atoms. The second-order valence-electron chi connectivity index (χ2n) is 5.56. The molecule has 1 aromatic carbocycles. The van der Waals surface area contributed by atoms with E-state index >= 15 is 0 Å². The monoisotopic (exact) mass is 296 g/mol. The number of likely N-dealkylation sites (N-methyl/N-ethyl adjacent to an activating group) is 1. The molecule has 0 saturated heterocycles. The number of hydrogen-bond donors (Lipinski definition) is 0. The minimum atomic E-state index is 0.233. The molecule has 116 valence electrons. The van der Waals surface area contributed by atoms with Crippen LogP contribution in [0.3, 0.4) is 0 Å². The van der Waals surface area contributed by atoms with E-state index in [0.717, 1.165) is 25.9 Å². The summed E-state index contributed by atoms with van der Waals surface area (Å²) >= 11 is 0. The summed E-state index contributed by atoms with van der Waals surface area (Å²) in [6.45, 7) is 5.65. The van der Waals surface area contributed by atoms with Crippen LogP contribution in [0.5, 0.6) is 0 Å². The van der Waals surface area contributed by atoms with Crippen molar-refractivity contribution in [2.24, 2.45) is 0 Å². The second-order valence-corrected chi connectivity index (χ2v) is 5.56. The fraction of sp³-hybridized carbons (Fsp3) is 0.368. The maximum Gasteiger partial charge on any atom is 0.222 e. The van der Waals surface area contributed by atoms with Gasteiger partial charge in [0.1, 0.15) is 0 Å². The molecule has 0 aliphatic heterocycles. The highest BCUT2D eigenvalue weighted by molar-refractivity contribution is 5.76. The molecule has 0 atom stereocenters. The van der Waals surface area contributed by atoms with Gasteiger partial charge in [-0.2, -0.15) is 0 Å². The van der Waals surface area contributed by atoms with Gasteiger partial charge in [-0.25, -0.2) is 0 Å². The third-order valence-electron chi connectivity index (χ3n) is 3.90. The smallest absolute Gasteiger partial charge is 0.222 e. The van der Waals surface area contributed by atoms with Gasteiger partial charge in [0.05, 0.1) is 0 Å². The number of carbonyl (C=O) groups excluding carboxylic acids is 1. The van der Waals surface area contributed by atoms with Crippen molar-refractivity contribution in [2.75, 3.05) is 13.1 Å². The molecule has 0 aliphatic rings. The van der Waals surface area contributed by atoms with E-state index in [1.165, 1.54) is 16.7 Å². The van der Waals surface area contributed by atoms with Crippen LogP contribution in [0.2, 0.25) is 0 Å². The van der Waals surface area contributed by atoms with Crippen LogP contribution in [0.4, 0.5) is 0 Å². The van der Waals surface area contributed by atoms with Crippen molar-refractivity contribution in [1.82, 2.24) is 9.88 Å². The fourth-order valence-corrected chi connectivity index (χ4v) is 2.44. The number of rotatable bonds is 7. The number of aryl methyl sites for hydroxylation is 2. The van der Waals surface area contributed by atoms with Crippen LogP contribution in [0, 0.1) is 6.92 Å². The Morgan fingerprint density at radius 1 is 1.00 bits per heavy atom. The molecule has 3 heteroatoms. The van der Waals surface area contributed by atoms with E-state index in [2.05, 4.69) is 36.2 Å². The molecule has 0 spiro atoms. The summed E-state index contributed by atoms with van der Waals surface area (Å²) < 4.78 is 0. The molecule has 3 nitrogen and oxygen atoms in total. The van der Waals surface area contributed by atoms with Gasteiger partial charge < -0.3 is 4.90 Å². The topological polar surface area (TPSA) is 33.2 Å². The molecule has 0 N–H and O–H groups in total. The quantitative estimate of drug-likeness (QED) is 0.784. The Balaban J connectivity index is 1.82. The fourth-order valence-electron chi connectivity index (χ4n) is 2.44. The van der Waals surface area contributed by atoms with Crippen LogP contribution in [-0.4, -0.2) is 28.9 Å². The highest BCUT2D eigenvalue weighted by atomic mass is 16.2. The number of benzene rings is 1. The minimum Gasteiger partial charge on any atom is -0.343 e. The summed E-state index contributed by atoms with van der Waals surface area (Å²) in [6.07, 6.45) is 5.86. The third kappa shape index (κ3) is 4.99. The van der Waals surface area contributed by atoms with Gasteiger partial charge in [0, 0.05) is 31.9 Å². The first kappa shape index (κ1) is 16.2. The van der Waals surface area contributed by atoms with Crippen LogP contribution in [0.25, 0.3) is 0 Å². The molecule has 0 unspecified atom stereocenters. The zero-order valence-corrected chi connectivity index (χ0v) is 13.5. The number of pyridine rings is 1. The van der Waals surface area contributed by atoms with Crippen molar-refractivity contribution in [3.05, 3.63) is 65.5 Å². The number of carbonyl (C=O) groups is 1. The number of amides is 1. The zero-order valence-electron chi connectivity index (χ0n) is 13.5. The lowest BCUT2D eigenvalue weighted by Gasteiger charge is -2.21. The normalized spacial score (nSPS) is 10.5. The Bertz CT molecular complexity index is 578. The number of hydrogen-bond acceptors (Lipinski definition) is 2. The van der Waals surface area contributed by atoms with Gasteiger partial charge in [-0.05, 0) is 49.9 Å². The molecule has 2 rings (SSSR count). The summed E-state index contributed by atoms with van der Waals surface area (Å²) in [6, 6.07) is 12.4. The highest BCUT2D eigenvalue weighted by Gasteiger charge is 2.11. The largest absolute Gasteiger partial charge is 0.343 e. The van der Waals surface area contributed by atoms with Crippen molar-refractivity contribution in [2.45, 2.75) is 33.1 Å². The van der Waals surface area contributed by atoms with Gasteiger partial charge in [0.25, 0.3) is 0 Å². The minimum absolute atomic E-state index is 0.233. The molecule has 1 aromatic heterocycles. The van der Waals surface area contributed by atoms with E-state index in [1.807, 2.05) is 24.0 Å². The van der Waals surface area contributed by atoms with E-state index < -0.39 is 0 Å². The zero-order chi connectivity index (χ0) is 15.8. The predicted octanol–water partition coefficient (Wildman–Crippen LogP) is 3.41. The third-order valence-corrected chi connectivity index (χ3v) is 3.90. The summed E-state index contributed by atoms with van der Waals surface area (Å²) in [5, 5.41) is 0. The van der Waals surface area contributed by atoms with E-state index in [1.54, 1.807) is 12.4 Å². The van der Waals surface area contributed by atoms with Crippen LogP contribution in [0.1, 0.15) is 30.0 Å². The van der Waals surface area contributed by atoms with Crippen molar-refractivity contribution >= 4 is 5.91 Å². The lowest BCUT2D eigenvalue weighted by molar-refractivity contribution is -0.130. The van der Waals surface area contributed by atoms with E-state index in [0.29, 0.717) is 6.42 Å². The van der Waals surface area contributed by atoms with Crippen molar-refractivity contribution in [1.29, 1.82) is 0 Å². The summed E-state index contributed by atoms with van der Waals surface area (Å²) in [5.41, 5.74) is 3.70. The van der Waals surface area contributed by atoms with E-state index in [9.17, 15) is 4.79 Å². The Kier molecular flexibility index (Phi) is 6.13. The predicted molar refractivity (Wildman–Crippen MR) is 89.7 cm³/mol. The molecule has 0 radical (unpaired) electrons. The number of aromatic nitrogens is 1. The van der Waals surface area contributed by atoms with Crippen molar-refractivity contribution in [3.63, 3.8) is 0 Å². The lowest BCUT2D eigenvalue weighted by Crippen LogP contribution is -2.32. The van der Waals surface area contributed by atoms with E-state index in [-0.39, 0.29) is 5.91 Å². The van der Waals surface area contributed by atoms with Crippen LogP contribution in [-0.2, 0) is 17.6 Å². The summed E-state index contributed by atoms with van der Waals surface area (Å²) in [4.78, 5) is 18.3. The SMILES string of the molecule is CCN(CCc1ccncc1)C(=O)CCc1ccc(C)cc1. The maximum atomic E-state index is 12.3. The standard InChI is InChI=1S/C19H24N2O/c1-3-21(15-12-18-10-13-20-14-11-18)19(22)9-8-17-6-4-16(2)5-7-17/h4-7,10-11,13-14H,3,8-9,12,15H2,1-2H3. The van der Waals surface area contributed by atoms with Gasteiger partial charge >= 0.3 is 0 Å². The molecule has 1 amide bonds. The Morgan fingerprint density at radius 2 is 1.64 bits per heavy atom. The molecule has 0 saturated carbocycles. The van der Waals surface area contributed by atoms with Gasteiger partial charge in [-0.1, -0.05) is 29.8 Å². The summed E-state index contributed by atoms with van der Waals surface area (Å²) in [7, 11) is 0. The number of nitrogens with zero attached hydrogens (tertiary/aromatic N) is 2. The first-order valence-corrected chi connectivity index (χ1v) is 7.91. The van der Waals surface area contributed by atoms with Crippen LogP contribution < -0.4 is 0 Å². The van der Waals surface area contributed by atoms with Gasteiger partial charge in [-0.15, -0.1) is 0 Å². The van der Waals surface area contributed by atoms with Gasteiger partial charge in [0.2, 0.25) is 5.91 Å². The van der Waals surface area contributed by atoms with Crippen LogP contribution in [0.15, 0.2) is 48.8 Å². The molecule has 22 heavy (non-hydrogen) atoms. The first-order chi connectivity index (χ1) is 10.7. The molecule has 0 fully saturated rings. The highest BCUT2D eigenvalue weighted by Crippen LogP contribution is 2.08. The second kappa shape index (κ2) is 8.32. The Hall–Kier alpha value is -2.16. The van der Waals surface area contributed by atoms with Crippen LogP contribution >= 0.6 is 0 Å². The van der Waals surface area contributed by atoms with Gasteiger partial charge in [-0.3, -0.25) is 9.78 Å². The molecule has 1 heterocycles. The average Bonchev–Trinajstić information content (AvgIpc) is 2.56.